The lowest BCUT2D eigenvalue weighted by molar-refractivity contribution is -0.132. The van der Waals surface area contributed by atoms with E-state index in [1.807, 2.05) is 36.4 Å². The van der Waals surface area contributed by atoms with Gasteiger partial charge in [0, 0.05) is 0 Å². The summed E-state index contributed by atoms with van der Waals surface area (Å²) in [5, 5.41) is 0. The molecule has 6 heteroatoms. The molecule has 0 bridgehead atoms. The monoisotopic (exact) mass is 555 g/mol. The number of ether oxygens (including phenoxy) is 1. The minimum atomic E-state index is -1.08. The number of rotatable bonds is 4. The van der Waals surface area contributed by atoms with Gasteiger partial charge in [-0.05, 0) is 96.3 Å². The predicted octanol–water partition coefficient (Wildman–Crippen LogP) is 6.53. The van der Waals surface area contributed by atoms with Crippen LogP contribution in [-0.2, 0) is 15.7 Å². The van der Waals surface area contributed by atoms with Crippen molar-refractivity contribution < 1.29 is 9.53 Å². The van der Waals surface area contributed by atoms with Crippen molar-refractivity contribution >= 4 is 64.7 Å². The van der Waals surface area contributed by atoms with Crippen molar-refractivity contribution in [3.63, 3.8) is 0 Å². The molecule has 2 nitrogen and oxygen atoms in total. The third-order valence-corrected chi connectivity index (χ3v) is 6.66. The van der Waals surface area contributed by atoms with E-state index < -0.39 is 8.11 Å². The highest BCUT2D eigenvalue weighted by atomic mass is 80.0. The van der Waals surface area contributed by atoms with Gasteiger partial charge in [0.05, 0.1) is 10.9 Å². The summed E-state index contributed by atoms with van der Waals surface area (Å²) < 4.78 is 4.27. The van der Waals surface area contributed by atoms with Crippen molar-refractivity contribution in [2.75, 3.05) is 0 Å². The van der Waals surface area contributed by atoms with Crippen molar-refractivity contribution in [1.82, 2.24) is 0 Å². The number of carbonyl (C=O) groups is 1. The van der Waals surface area contributed by atoms with Crippen molar-refractivity contribution in [1.29, 1.82) is 0 Å². The highest BCUT2D eigenvalue weighted by Crippen LogP contribution is 2.36. The van der Waals surface area contributed by atoms with Crippen molar-refractivity contribution in [3.05, 3.63) is 84.9 Å². The maximum atomic E-state index is 11.9. The van der Waals surface area contributed by atoms with Gasteiger partial charge in [0.1, 0.15) is 5.75 Å². The Hall–Kier alpha value is -1.08. The number of halogens is 3. The van der Waals surface area contributed by atoms with E-state index in [9.17, 15) is 4.79 Å². The van der Waals surface area contributed by atoms with E-state index in [2.05, 4.69) is 96.3 Å². The first-order valence-corrected chi connectivity index (χ1v) is 11.3. The molecule has 0 aliphatic rings. The van der Waals surface area contributed by atoms with Crippen LogP contribution in [0.25, 0.3) is 0 Å². The summed E-state index contributed by atoms with van der Waals surface area (Å²) >= 11 is 9.48. The molecule has 0 saturated heterocycles. The third-order valence-electron chi connectivity index (χ3n) is 3.46. The molecule has 0 saturated carbocycles. The molecule has 0 unspecified atom stereocenters. The van der Waals surface area contributed by atoms with E-state index in [4.69, 9.17) is 4.74 Å². The molecule has 0 radical (unpaired) electrons. The van der Waals surface area contributed by atoms with E-state index in [1.165, 1.54) is 9.79 Å². The molecular formula is C20H14Br3O2S+. The van der Waals surface area contributed by atoms with Gasteiger partial charge < -0.3 is 4.74 Å². The van der Waals surface area contributed by atoms with Crippen LogP contribution in [0.2, 0.25) is 0 Å². The number of hydrogen-bond donors (Lipinski definition) is 0. The molecule has 26 heavy (non-hydrogen) atoms. The molecule has 132 valence electrons. The summed E-state index contributed by atoms with van der Waals surface area (Å²) in [6, 6.07) is 28.4. The highest BCUT2D eigenvalue weighted by molar-refractivity contribution is 9.40. The summed E-state index contributed by atoms with van der Waals surface area (Å²) in [5.74, 6) is 0.0153. The lowest BCUT2D eigenvalue weighted by atomic mass is 10.3. The van der Waals surface area contributed by atoms with E-state index in [1.54, 1.807) is 0 Å². The smallest absolute Gasteiger partial charge is 0.350 e. The van der Waals surface area contributed by atoms with Crippen LogP contribution in [0.15, 0.2) is 99.6 Å². The molecule has 3 rings (SSSR count). The molecule has 0 aromatic heterocycles. The van der Waals surface area contributed by atoms with E-state index in [0.717, 1.165) is 4.90 Å². The lowest BCUT2D eigenvalue weighted by Gasteiger charge is -2.12. The second-order valence-electron chi connectivity index (χ2n) is 5.29. The fourth-order valence-electron chi connectivity index (χ4n) is 2.33. The van der Waals surface area contributed by atoms with Crippen LogP contribution in [-0.4, -0.2) is 8.11 Å². The molecule has 0 spiro atoms. The molecule has 3 aromatic carbocycles. The largest absolute Gasteiger partial charge is 0.424 e. The van der Waals surface area contributed by atoms with Crippen LogP contribution in [0.3, 0.4) is 0 Å². The third kappa shape index (κ3) is 5.00. The van der Waals surface area contributed by atoms with Gasteiger partial charge in [-0.25, -0.2) is 4.79 Å². The molecule has 0 amide bonds. The van der Waals surface area contributed by atoms with Crippen LogP contribution in [0.5, 0.6) is 5.75 Å². The summed E-state index contributed by atoms with van der Waals surface area (Å²) in [4.78, 5) is 15.6. The Morgan fingerprint density at radius 2 is 1.12 bits per heavy atom. The lowest BCUT2D eigenvalue weighted by Crippen LogP contribution is -2.23. The Bertz CT molecular complexity index is 824. The standard InChI is InChI=1S/C20H14Br3O2S/c21-20(22,23)19(24)25-15-11-13-18(14-12-15)26(16-7-3-1-4-8-16)17-9-5-2-6-10-17/h1-14H/q+1. The zero-order valence-corrected chi connectivity index (χ0v) is 19.0. The number of carbonyl (C=O) groups excluding carboxylic acids is 1. The summed E-state index contributed by atoms with van der Waals surface area (Å²) in [6.45, 7) is 0. The van der Waals surface area contributed by atoms with E-state index in [0.29, 0.717) is 5.75 Å². The van der Waals surface area contributed by atoms with Crippen LogP contribution in [0.4, 0.5) is 0 Å². The Kier molecular flexibility index (Phi) is 6.61. The zero-order valence-electron chi connectivity index (χ0n) is 13.4. The Labute approximate surface area is 180 Å². The first kappa shape index (κ1) is 19.7. The Morgan fingerprint density at radius 1 is 0.692 bits per heavy atom. The maximum absolute atomic E-state index is 11.9. The molecule has 0 heterocycles. The number of esters is 1. The van der Waals surface area contributed by atoms with Gasteiger partial charge in [0.2, 0.25) is 2.14 Å². The van der Waals surface area contributed by atoms with Crippen LogP contribution < -0.4 is 4.74 Å². The van der Waals surface area contributed by atoms with Gasteiger partial charge in [-0.15, -0.1) is 0 Å². The maximum Gasteiger partial charge on any atom is 0.350 e. The second-order valence-corrected chi connectivity index (χ2v) is 14.1. The number of benzene rings is 3. The van der Waals surface area contributed by atoms with Crippen molar-refractivity contribution in [3.8, 4) is 5.75 Å². The average Bonchev–Trinajstić information content (AvgIpc) is 2.64. The molecule has 0 fully saturated rings. The minimum absolute atomic E-state index is 0.221. The summed E-state index contributed by atoms with van der Waals surface area (Å²) in [5.41, 5.74) is 0. The van der Waals surface area contributed by atoms with Gasteiger partial charge in [0.15, 0.2) is 14.7 Å². The van der Waals surface area contributed by atoms with Gasteiger partial charge in [-0.1, -0.05) is 36.4 Å². The van der Waals surface area contributed by atoms with Crippen molar-refractivity contribution in [2.24, 2.45) is 0 Å². The van der Waals surface area contributed by atoms with Crippen LogP contribution in [0.1, 0.15) is 0 Å². The number of hydrogen-bond acceptors (Lipinski definition) is 2. The minimum Gasteiger partial charge on any atom is -0.424 e. The molecule has 0 atom stereocenters. The SMILES string of the molecule is O=C(Oc1ccc([S+](c2ccccc2)c2ccccc2)cc1)C(Br)(Br)Br. The van der Waals surface area contributed by atoms with Gasteiger partial charge in [0.25, 0.3) is 0 Å². The zero-order chi connectivity index (χ0) is 18.6. The van der Waals surface area contributed by atoms with E-state index >= 15 is 0 Å². The fraction of sp³-hybridized carbons (Fsp3) is 0.0500. The van der Waals surface area contributed by atoms with Gasteiger partial charge in [-0.2, -0.15) is 0 Å². The van der Waals surface area contributed by atoms with Crippen LogP contribution in [0, 0.1) is 0 Å². The molecule has 0 aliphatic heterocycles. The number of alkyl halides is 3. The van der Waals surface area contributed by atoms with Crippen LogP contribution >= 0.6 is 47.8 Å². The van der Waals surface area contributed by atoms with Gasteiger partial charge >= 0.3 is 5.97 Å². The predicted molar refractivity (Wildman–Crippen MR) is 117 cm³/mol. The average molecular weight is 558 g/mol. The molecule has 0 aliphatic carbocycles. The van der Waals surface area contributed by atoms with Crippen molar-refractivity contribution in [2.45, 2.75) is 16.8 Å². The first-order chi connectivity index (χ1) is 12.4. The second kappa shape index (κ2) is 8.74. The first-order valence-electron chi connectivity index (χ1n) is 7.68. The highest BCUT2D eigenvalue weighted by Gasteiger charge is 2.32. The summed E-state index contributed by atoms with van der Waals surface area (Å²) in [6.07, 6.45) is 0. The Morgan fingerprint density at radius 3 is 1.54 bits per heavy atom. The molecular weight excluding hydrogens is 544 g/mol. The Balaban J connectivity index is 1.92. The van der Waals surface area contributed by atoms with Gasteiger partial charge in [-0.3, -0.25) is 0 Å². The molecule has 0 N–H and O–H groups in total. The fourth-order valence-corrected chi connectivity index (χ4v) is 4.66. The quantitative estimate of drug-likeness (QED) is 0.158. The summed E-state index contributed by atoms with van der Waals surface area (Å²) in [7, 11) is -0.221. The van der Waals surface area contributed by atoms with E-state index in [-0.39, 0.29) is 10.9 Å². The topological polar surface area (TPSA) is 26.3 Å². The molecule has 3 aromatic rings. The normalized spacial score (nSPS) is 11.4.